The molecule has 0 aliphatic heterocycles. The standard InChI is InChI=1S/C18H18F3O.CH3.CH2.Co/c1-13(14-7-3-2-4-8-14)6-5-9-15-12-16(18(19,20)21)10-11-17(15)22;;;/h2-3,7-8,10-13,22H,5-6,9H2,1H3;1H3;1H2;/q2*-1;;. The van der Waals surface area contributed by atoms with Crippen LogP contribution in [0.5, 0.6) is 5.75 Å². The van der Waals surface area contributed by atoms with E-state index in [-0.39, 0.29) is 13.2 Å². The zero-order valence-electron chi connectivity index (χ0n) is 14.4. The second-order valence-corrected chi connectivity index (χ2v) is 5.47. The van der Waals surface area contributed by atoms with Gasteiger partial charge in [0.15, 0.2) is 0 Å². The predicted octanol–water partition coefficient (Wildman–Crippen LogP) is 5.75. The van der Waals surface area contributed by atoms with Crippen molar-refractivity contribution in [2.45, 2.75) is 38.3 Å². The first-order valence-electron chi connectivity index (χ1n) is 7.46. The molecule has 0 bridgehead atoms. The number of benzene rings is 2. The Morgan fingerprint density at radius 2 is 1.92 bits per heavy atom. The van der Waals surface area contributed by atoms with Gasteiger partial charge in [-0.3, -0.25) is 0 Å². The van der Waals surface area contributed by atoms with Crippen LogP contribution in [-0.4, -0.2) is 10.6 Å². The first-order valence-corrected chi connectivity index (χ1v) is 8.20. The second kappa shape index (κ2) is 11.1. The third-order valence-electron chi connectivity index (χ3n) is 3.79. The smallest absolute Gasteiger partial charge is 0.358 e. The van der Waals surface area contributed by atoms with E-state index in [9.17, 15) is 18.3 Å². The van der Waals surface area contributed by atoms with Crippen LogP contribution in [0.2, 0.25) is 0 Å². The Morgan fingerprint density at radius 1 is 1.24 bits per heavy atom. The fourth-order valence-electron chi connectivity index (χ4n) is 2.44. The topological polar surface area (TPSA) is 20.2 Å². The van der Waals surface area contributed by atoms with E-state index >= 15 is 0 Å². The van der Waals surface area contributed by atoms with E-state index in [0.29, 0.717) is 24.3 Å². The van der Waals surface area contributed by atoms with E-state index in [1.54, 1.807) is 0 Å². The van der Waals surface area contributed by atoms with E-state index in [0.717, 1.165) is 30.2 Å². The molecule has 1 N–H and O–H groups in total. The van der Waals surface area contributed by atoms with Crippen LogP contribution in [0, 0.1) is 13.5 Å². The Labute approximate surface area is 156 Å². The summed E-state index contributed by atoms with van der Waals surface area (Å²) in [4.78, 5) is 0. The molecule has 5 heteroatoms. The summed E-state index contributed by atoms with van der Waals surface area (Å²) in [6.07, 6.45) is -2.40. The minimum Gasteiger partial charge on any atom is -0.358 e. The second-order valence-electron chi connectivity index (χ2n) is 5.47. The van der Waals surface area contributed by atoms with Crippen molar-refractivity contribution in [3.05, 3.63) is 72.6 Å². The summed E-state index contributed by atoms with van der Waals surface area (Å²) in [5.74, 6) is 0.235. The molecule has 0 aliphatic rings. The molecule has 0 heterocycles. The first-order chi connectivity index (χ1) is 11.4. The molecular formula is C20H23CoF3O-2. The number of aromatic hydroxyl groups is 1. The Kier molecular flexibility index (Phi) is 10.4. The normalized spacial score (nSPS) is 11.7. The monoisotopic (exact) mass is 395 g/mol. The maximum Gasteiger partial charge on any atom is -0.358 e. The molecule has 2 aromatic rings. The van der Waals surface area contributed by atoms with Crippen LogP contribution in [-0.2, 0) is 27.9 Å². The Balaban J connectivity index is 0.00000185. The van der Waals surface area contributed by atoms with Gasteiger partial charge in [-0.1, -0.05) is 19.3 Å². The molecule has 1 atom stereocenters. The van der Waals surface area contributed by atoms with Crippen molar-refractivity contribution in [3.8, 4) is 5.75 Å². The van der Waals surface area contributed by atoms with Crippen LogP contribution >= 0.6 is 0 Å². The van der Waals surface area contributed by atoms with Gasteiger partial charge in [0.25, 0.3) is 0 Å². The van der Waals surface area contributed by atoms with Crippen LogP contribution in [0.1, 0.15) is 42.4 Å². The van der Waals surface area contributed by atoms with E-state index in [1.807, 2.05) is 24.3 Å². The fraction of sp³-hybridized carbons (Fsp3) is 0.300. The molecule has 0 aliphatic carbocycles. The SMILES string of the molecule is CC(CCCc1cc(C(F)(F)F)ccc1O)c1c[c-]ccc1.[CH2]=[Co].[CH3-]. The molecule has 0 fully saturated rings. The van der Waals surface area contributed by atoms with Gasteiger partial charge in [-0.15, -0.1) is 0 Å². The molecule has 141 valence electrons. The largest absolute Gasteiger partial charge is 0.358 e. The molecule has 0 saturated carbocycles. The molecule has 0 radical (unpaired) electrons. The van der Waals surface area contributed by atoms with Crippen molar-refractivity contribution in [1.29, 1.82) is 0 Å². The number of rotatable bonds is 5. The van der Waals surface area contributed by atoms with Gasteiger partial charge < -0.3 is 12.5 Å². The summed E-state index contributed by atoms with van der Waals surface area (Å²) in [6, 6.07) is 13.8. The Bertz CT molecular complexity index is 627. The van der Waals surface area contributed by atoms with Crippen LogP contribution < -0.4 is 0 Å². The van der Waals surface area contributed by atoms with Crippen molar-refractivity contribution in [1.82, 2.24) is 0 Å². The van der Waals surface area contributed by atoms with Crippen molar-refractivity contribution >= 4 is 5.46 Å². The summed E-state index contributed by atoms with van der Waals surface area (Å²) < 4.78 is 38.1. The molecule has 0 amide bonds. The van der Waals surface area contributed by atoms with Gasteiger partial charge in [-0.2, -0.15) is 49.1 Å². The van der Waals surface area contributed by atoms with Gasteiger partial charge >= 0.3 is 26.9 Å². The van der Waals surface area contributed by atoms with E-state index in [4.69, 9.17) is 0 Å². The number of hydrogen-bond acceptors (Lipinski definition) is 1. The van der Waals surface area contributed by atoms with Crippen LogP contribution in [0.4, 0.5) is 13.2 Å². The van der Waals surface area contributed by atoms with Gasteiger partial charge in [-0.25, -0.2) is 0 Å². The van der Waals surface area contributed by atoms with E-state index in [1.165, 1.54) is 0 Å². The van der Waals surface area contributed by atoms with Crippen LogP contribution in [0.3, 0.4) is 0 Å². The minimum atomic E-state index is -4.38. The number of phenolic OH excluding ortho intramolecular Hbond substituents is 1. The van der Waals surface area contributed by atoms with Crippen molar-refractivity contribution in [2.24, 2.45) is 0 Å². The van der Waals surface area contributed by atoms with E-state index in [2.05, 4.69) is 33.8 Å². The Hall–Kier alpha value is -1.59. The van der Waals surface area contributed by atoms with Gasteiger partial charge in [0.2, 0.25) is 0 Å². The first kappa shape index (κ1) is 23.4. The molecule has 2 rings (SSSR count). The number of phenols is 1. The summed E-state index contributed by atoms with van der Waals surface area (Å²) >= 11 is 3.31. The summed E-state index contributed by atoms with van der Waals surface area (Å²) in [7, 11) is 0. The number of hydrogen-bond donors (Lipinski definition) is 1. The molecule has 0 saturated heterocycles. The molecular weight excluding hydrogens is 372 g/mol. The molecule has 2 aromatic carbocycles. The maximum absolute atomic E-state index is 12.7. The summed E-state index contributed by atoms with van der Waals surface area (Å²) in [5.41, 5.74) is 3.73. The molecule has 0 aromatic heterocycles. The molecule has 1 nitrogen and oxygen atoms in total. The van der Waals surface area contributed by atoms with Gasteiger partial charge in [-0.05, 0) is 36.6 Å². The van der Waals surface area contributed by atoms with Crippen molar-refractivity contribution in [2.75, 3.05) is 0 Å². The average molecular weight is 395 g/mol. The molecule has 0 spiro atoms. The summed E-state index contributed by atoms with van der Waals surface area (Å²) in [6.45, 7) is 2.08. The predicted molar refractivity (Wildman–Crippen MR) is 93.3 cm³/mol. The van der Waals surface area contributed by atoms with Crippen LogP contribution in [0.25, 0.3) is 0 Å². The number of aryl methyl sites for hydroxylation is 1. The zero-order chi connectivity index (χ0) is 18.2. The van der Waals surface area contributed by atoms with E-state index < -0.39 is 11.7 Å². The fourth-order valence-corrected chi connectivity index (χ4v) is 2.44. The minimum absolute atomic E-state index is 0. The summed E-state index contributed by atoms with van der Waals surface area (Å²) in [5, 5.41) is 9.71. The van der Waals surface area contributed by atoms with Crippen molar-refractivity contribution in [3.63, 3.8) is 0 Å². The molecule has 25 heavy (non-hydrogen) atoms. The maximum atomic E-state index is 12.7. The van der Waals surface area contributed by atoms with Crippen molar-refractivity contribution < 1.29 is 33.6 Å². The third-order valence-corrected chi connectivity index (χ3v) is 3.79. The third kappa shape index (κ3) is 7.44. The quantitative estimate of drug-likeness (QED) is 0.639. The van der Waals surface area contributed by atoms with Gasteiger partial charge in [0, 0.05) is 0 Å². The average Bonchev–Trinajstić information content (AvgIpc) is 2.58. The number of alkyl halides is 3. The number of halogens is 3. The van der Waals surface area contributed by atoms with Gasteiger partial charge in [0.1, 0.15) is 5.75 Å². The zero-order valence-corrected chi connectivity index (χ0v) is 15.4. The Morgan fingerprint density at radius 3 is 2.48 bits per heavy atom. The van der Waals surface area contributed by atoms with Crippen LogP contribution in [0.15, 0.2) is 42.5 Å². The molecule has 1 unspecified atom stereocenters. The van der Waals surface area contributed by atoms with Gasteiger partial charge in [0.05, 0.1) is 5.56 Å².